The summed E-state index contributed by atoms with van der Waals surface area (Å²) in [6.07, 6.45) is 0. The maximum atomic E-state index is 12.0. The highest BCUT2D eigenvalue weighted by atomic mass is 16.4. The number of carbonyl (C=O) groups is 1. The zero-order valence-corrected chi connectivity index (χ0v) is 9.63. The first-order valence-electron chi connectivity index (χ1n) is 5.44. The number of oxime groups is 1. The molecule has 1 amide bonds. The highest BCUT2D eigenvalue weighted by Crippen LogP contribution is 2.18. The maximum Gasteiger partial charge on any atom is 0.252 e. The Morgan fingerprint density at radius 3 is 2.72 bits per heavy atom. The molecule has 5 nitrogen and oxygen atoms in total. The number of fused-ring (bicyclic) bond motifs is 1. The van der Waals surface area contributed by atoms with Gasteiger partial charge < -0.3 is 16.3 Å². The first-order chi connectivity index (χ1) is 8.72. The van der Waals surface area contributed by atoms with Crippen LogP contribution >= 0.6 is 0 Å². The van der Waals surface area contributed by atoms with Crippen LogP contribution in [0.5, 0.6) is 0 Å². The van der Waals surface area contributed by atoms with E-state index in [9.17, 15) is 4.79 Å². The first-order valence-corrected chi connectivity index (χ1v) is 5.44. The molecule has 2 rings (SSSR count). The molecule has 92 valence electrons. The number of benzene rings is 2. The Labute approximate surface area is 104 Å². The number of nitrogens with two attached hydrogens (primary N) is 1. The number of carbonyl (C=O) groups excluding carboxylic acids is 1. The van der Waals surface area contributed by atoms with Crippen molar-refractivity contribution < 1.29 is 10.0 Å². The highest BCUT2D eigenvalue weighted by molar-refractivity contribution is 6.07. The number of rotatable bonds is 3. The Bertz CT molecular complexity index is 603. The first kappa shape index (κ1) is 11.9. The third-order valence-corrected chi connectivity index (χ3v) is 2.59. The molecule has 0 aliphatic rings. The Morgan fingerprint density at radius 1 is 1.22 bits per heavy atom. The van der Waals surface area contributed by atoms with E-state index in [2.05, 4.69) is 10.5 Å². The summed E-state index contributed by atoms with van der Waals surface area (Å²) in [4.78, 5) is 12.0. The molecule has 0 radical (unpaired) electrons. The van der Waals surface area contributed by atoms with Crippen molar-refractivity contribution in [2.24, 2.45) is 10.9 Å². The Morgan fingerprint density at radius 2 is 1.94 bits per heavy atom. The molecular weight excluding hydrogens is 230 g/mol. The molecule has 0 aliphatic heterocycles. The number of amides is 1. The Balaban J connectivity index is 2.28. The third-order valence-electron chi connectivity index (χ3n) is 2.59. The Kier molecular flexibility index (Phi) is 3.43. The molecular formula is C13H13N3O2. The molecule has 5 heteroatoms. The van der Waals surface area contributed by atoms with Crippen molar-refractivity contribution in [2.45, 2.75) is 0 Å². The summed E-state index contributed by atoms with van der Waals surface area (Å²) in [7, 11) is 0. The van der Waals surface area contributed by atoms with Gasteiger partial charge in [0.25, 0.3) is 5.91 Å². The van der Waals surface area contributed by atoms with E-state index in [4.69, 9.17) is 10.9 Å². The fourth-order valence-electron chi connectivity index (χ4n) is 1.72. The van der Waals surface area contributed by atoms with Crippen LogP contribution in [0.15, 0.2) is 47.6 Å². The van der Waals surface area contributed by atoms with Crippen LogP contribution in [0.3, 0.4) is 0 Å². The van der Waals surface area contributed by atoms with Gasteiger partial charge in [-0.3, -0.25) is 4.79 Å². The molecule has 0 saturated heterocycles. The average molecular weight is 243 g/mol. The molecule has 0 aromatic heterocycles. The minimum absolute atomic E-state index is 0.0125. The van der Waals surface area contributed by atoms with E-state index in [1.165, 1.54) is 0 Å². The van der Waals surface area contributed by atoms with Crippen LogP contribution in [-0.2, 0) is 0 Å². The summed E-state index contributed by atoms with van der Waals surface area (Å²) in [5.41, 5.74) is 5.87. The molecule has 4 N–H and O–H groups in total. The van der Waals surface area contributed by atoms with Gasteiger partial charge in [0.15, 0.2) is 5.84 Å². The van der Waals surface area contributed by atoms with Gasteiger partial charge >= 0.3 is 0 Å². The largest absolute Gasteiger partial charge is 0.409 e. The fraction of sp³-hybridized carbons (Fsp3) is 0.0769. The quantitative estimate of drug-likeness (QED) is 0.329. The fourth-order valence-corrected chi connectivity index (χ4v) is 1.72. The molecule has 18 heavy (non-hydrogen) atoms. The zero-order chi connectivity index (χ0) is 13.0. The van der Waals surface area contributed by atoms with Crippen molar-refractivity contribution >= 4 is 22.5 Å². The highest BCUT2D eigenvalue weighted by Gasteiger charge is 2.09. The van der Waals surface area contributed by atoms with Gasteiger partial charge in [0.1, 0.15) is 0 Å². The number of hydrogen-bond donors (Lipinski definition) is 3. The van der Waals surface area contributed by atoms with Crippen molar-refractivity contribution in [3.8, 4) is 0 Å². The predicted octanol–water partition coefficient (Wildman–Crippen LogP) is 1.32. The van der Waals surface area contributed by atoms with Crippen molar-refractivity contribution in [1.29, 1.82) is 0 Å². The molecule has 2 aromatic carbocycles. The zero-order valence-electron chi connectivity index (χ0n) is 9.63. The van der Waals surface area contributed by atoms with Gasteiger partial charge in [0.2, 0.25) is 0 Å². The molecule has 0 heterocycles. The van der Waals surface area contributed by atoms with Gasteiger partial charge in [-0.15, -0.1) is 0 Å². The monoisotopic (exact) mass is 243 g/mol. The molecule has 0 unspecified atom stereocenters. The van der Waals surface area contributed by atoms with Gasteiger partial charge in [-0.1, -0.05) is 41.6 Å². The van der Waals surface area contributed by atoms with Crippen LogP contribution in [0.4, 0.5) is 0 Å². The summed E-state index contributed by atoms with van der Waals surface area (Å²) in [5.74, 6) is -0.290. The second-order valence-electron chi connectivity index (χ2n) is 3.80. The van der Waals surface area contributed by atoms with E-state index >= 15 is 0 Å². The summed E-state index contributed by atoms with van der Waals surface area (Å²) < 4.78 is 0. The molecule has 0 bridgehead atoms. The van der Waals surface area contributed by atoms with E-state index in [0.29, 0.717) is 5.56 Å². The molecule has 0 fully saturated rings. The molecule has 2 aromatic rings. The van der Waals surface area contributed by atoms with Gasteiger partial charge in [0, 0.05) is 5.56 Å². The van der Waals surface area contributed by atoms with Crippen LogP contribution in [0.1, 0.15) is 10.4 Å². The average Bonchev–Trinajstić information content (AvgIpc) is 2.43. The van der Waals surface area contributed by atoms with Crippen LogP contribution in [-0.4, -0.2) is 23.5 Å². The molecule has 0 atom stereocenters. The lowest BCUT2D eigenvalue weighted by molar-refractivity contribution is 0.0960. The van der Waals surface area contributed by atoms with Gasteiger partial charge in [-0.05, 0) is 16.8 Å². The van der Waals surface area contributed by atoms with Gasteiger partial charge in [-0.25, -0.2) is 0 Å². The standard InChI is InChI=1S/C13H13N3O2/c14-12(16-18)8-15-13(17)11-7-3-5-9-4-1-2-6-10(9)11/h1-7,18H,8H2,(H2,14,16)(H,15,17). The lowest BCUT2D eigenvalue weighted by Crippen LogP contribution is -2.33. The topological polar surface area (TPSA) is 87.7 Å². The number of amidine groups is 1. The van der Waals surface area contributed by atoms with Crippen molar-refractivity contribution in [3.05, 3.63) is 48.0 Å². The van der Waals surface area contributed by atoms with Crippen LogP contribution in [0.2, 0.25) is 0 Å². The number of nitrogens with one attached hydrogen (secondary N) is 1. The van der Waals surface area contributed by atoms with E-state index in [1.54, 1.807) is 6.07 Å². The maximum absolute atomic E-state index is 12.0. The molecule has 0 spiro atoms. The minimum Gasteiger partial charge on any atom is -0.409 e. The van der Waals surface area contributed by atoms with Gasteiger partial charge in [0.05, 0.1) is 6.54 Å². The predicted molar refractivity (Wildman–Crippen MR) is 69.7 cm³/mol. The normalized spacial score (nSPS) is 11.4. The smallest absolute Gasteiger partial charge is 0.252 e. The van der Waals surface area contributed by atoms with E-state index in [0.717, 1.165) is 10.8 Å². The lowest BCUT2D eigenvalue weighted by atomic mass is 10.0. The second kappa shape index (κ2) is 5.18. The summed E-state index contributed by atoms with van der Waals surface area (Å²) in [6.45, 7) is 0.0125. The van der Waals surface area contributed by atoms with Crippen LogP contribution < -0.4 is 11.1 Å². The van der Waals surface area contributed by atoms with Gasteiger partial charge in [-0.2, -0.15) is 0 Å². The third kappa shape index (κ3) is 2.40. The molecule has 0 aliphatic carbocycles. The van der Waals surface area contributed by atoms with Crippen LogP contribution in [0.25, 0.3) is 10.8 Å². The number of nitrogens with zero attached hydrogens (tertiary/aromatic N) is 1. The molecule has 0 saturated carbocycles. The van der Waals surface area contributed by atoms with Crippen molar-refractivity contribution in [3.63, 3.8) is 0 Å². The summed E-state index contributed by atoms with van der Waals surface area (Å²) >= 11 is 0. The Hall–Kier alpha value is -2.56. The van der Waals surface area contributed by atoms with Crippen molar-refractivity contribution in [1.82, 2.24) is 5.32 Å². The summed E-state index contributed by atoms with van der Waals surface area (Å²) in [5, 5.41) is 15.7. The van der Waals surface area contributed by atoms with Crippen LogP contribution in [0, 0.1) is 0 Å². The van der Waals surface area contributed by atoms with E-state index < -0.39 is 0 Å². The van der Waals surface area contributed by atoms with Crippen molar-refractivity contribution in [2.75, 3.05) is 6.54 Å². The SMILES string of the molecule is N/C(CNC(=O)c1cccc2ccccc12)=N\O. The minimum atomic E-state index is -0.251. The lowest BCUT2D eigenvalue weighted by Gasteiger charge is -2.07. The second-order valence-corrected chi connectivity index (χ2v) is 3.80. The summed E-state index contributed by atoms with van der Waals surface area (Å²) in [6, 6.07) is 13.1. The van der Waals surface area contributed by atoms with E-state index in [1.807, 2.05) is 36.4 Å². The number of hydrogen-bond acceptors (Lipinski definition) is 3. The van der Waals surface area contributed by atoms with E-state index in [-0.39, 0.29) is 18.3 Å².